The summed E-state index contributed by atoms with van der Waals surface area (Å²) < 4.78 is 44.2. The molecule has 0 radical (unpaired) electrons. The molecule has 1 unspecified atom stereocenters. The minimum atomic E-state index is -4.63. The van der Waals surface area contributed by atoms with Crippen LogP contribution in [0.5, 0.6) is 0 Å². The fourth-order valence-corrected chi connectivity index (χ4v) is 3.96. The summed E-state index contributed by atoms with van der Waals surface area (Å²) in [7, 11) is 0. The summed E-state index contributed by atoms with van der Waals surface area (Å²) in [6.07, 6.45) is -4.63. The zero-order chi connectivity index (χ0) is 25.2. The van der Waals surface area contributed by atoms with Crippen LogP contribution in [-0.4, -0.2) is 27.4 Å². The molecule has 180 valence electrons. The molecule has 0 fully saturated rings. The number of benzene rings is 2. The summed E-state index contributed by atoms with van der Waals surface area (Å²) >= 11 is 7.30. The van der Waals surface area contributed by atoms with E-state index >= 15 is 0 Å². The van der Waals surface area contributed by atoms with Crippen LogP contribution < -0.4 is 10.2 Å². The number of alkyl halides is 3. The maximum atomic E-state index is 13.7. The van der Waals surface area contributed by atoms with E-state index in [-0.39, 0.29) is 23.0 Å². The van der Waals surface area contributed by atoms with E-state index in [2.05, 4.69) is 14.9 Å². The van der Waals surface area contributed by atoms with Crippen molar-refractivity contribution in [3.8, 4) is 0 Å². The van der Waals surface area contributed by atoms with Gasteiger partial charge in [0.2, 0.25) is 5.91 Å². The van der Waals surface area contributed by atoms with Crippen molar-refractivity contribution < 1.29 is 22.8 Å². The fourth-order valence-electron chi connectivity index (χ4n) is 3.33. The van der Waals surface area contributed by atoms with E-state index in [0.717, 1.165) is 34.1 Å². The first-order chi connectivity index (χ1) is 15.9. The van der Waals surface area contributed by atoms with Crippen LogP contribution in [0.3, 0.4) is 0 Å². The van der Waals surface area contributed by atoms with Gasteiger partial charge in [-0.25, -0.2) is 0 Å². The second-order valence-corrected chi connectivity index (χ2v) is 9.34. The van der Waals surface area contributed by atoms with Crippen LogP contribution in [0.4, 0.5) is 18.9 Å². The summed E-state index contributed by atoms with van der Waals surface area (Å²) in [6.45, 7) is 6.84. The summed E-state index contributed by atoms with van der Waals surface area (Å²) in [4.78, 5) is 28.7. The lowest BCUT2D eigenvalue weighted by molar-refractivity contribution is -0.137. The molecule has 1 N–H and O–H groups in total. The highest BCUT2D eigenvalue weighted by Crippen LogP contribution is 2.36. The Hall–Kier alpha value is -2.98. The minimum absolute atomic E-state index is 0.00368. The molecule has 0 saturated heterocycles. The van der Waals surface area contributed by atoms with Gasteiger partial charge in [0.25, 0.3) is 5.91 Å². The summed E-state index contributed by atoms with van der Waals surface area (Å²) in [6, 6.07) is 7.32. The molecule has 6 nitrogen and oxygen atoms in total. The topological polar surface area (TPSA) is 75.2 Å². The lowest BCUT2D eigenvalue weighted by atomic mass is 9.99. The van der Waals surface area contributed by atoms with Crippen molar-refractivity contribution in [1.29, 1.82) is 0 Å². The molecule has 0 bridgehead atoms. The molecule has 1 aromatic heterocycles. The van der Waals surface area contributed by atoms with Crippen molar-refractivity contribution >= 4 is 40.6 Å². The fraction of sp³-hybridized carbons (Fsp3) is 0.304. The van der Waals surface area contributed by atoms with Crippen LogP contribution in [-0.2, 0) is 11.0 Å². The van der Waals surface area contributed by atoms with E-state index in [4.69, 9.17) is 11.6 Å². The second kappa shape index (κ2) is 10.1. The molecule has 0 spiro atoms. The van der Waals surface area contributed by atoms with Crippen molar-refractivity contribution in [1.82, 2.24) is 14.9 Å². The molecule has 1 atom stereocenters. The number of halogens is 4. The quantitative estimate of drug-likeness (QED) is 0.459. The number of aryl methyl sites for hydroxylation is 2. The summed E-state index contributed by atoms with van der Waals surface area (Å²) in [5, 5.41) is 6.93. The predicted octanol–water partition coefficient (Wildman–Crippen LogP) is 5.74. The van der Waals surface area contributed by atoms with Crippen LogP contribution in [0.2, 0.25) is 5.02 Å². The number of carbonyl (C=O) groups excluding carboxylic acids is 2. The Labute approximate surface area is 203 Å². The zero-order valence-corrected chi connectivity index (χ0v) is 20.3. The van der Waals surface area contributed by atoms with E-state index in [9.17, 15) is 22.8 Å². The van der Waals surface area contributed by atoms with Crippen molar-refractivity contribution in [2.24, 2.45) is 0 Å². The Bertz CT molecular complexity index is 1210. The van der Waals surface area contributed by atoms with Crippen LogP contribution in [0, 0.1) is 13.8 Å². The highest BCUT2D eigenvalue weighted by Gasteiger charge is 2.37. The van der Waals surface area contributed by atoms with Gasteiger partial charge in [0.1, 0.15) is 6.04 Å². The third-order valence-electron chi connectivity index (χ3n) is 4.97. The van der Waals surface area contributed by atoms with Gasteiger partial charge in [-0.05, 0) is 74.6 Å². The van der Waals surface area contributed by atoms with E-state index in [1.807, 2.05) is 0 Å². The van der Waals surface area contributed by atoms with Crippen molar-refractivity contribution in [2.45, 2.75) is 46.0 Å². The summed E-state index contributed by atoms with van der Waals surface area (Å²) in [5.41, 5.74) is 0.00367. The molecule has 0 aliphatic rings. The number of aromatic nitrogens is 2. The average Bonchev–Trinajstić information content (AvgIpc) is 3.18. The molecular weight excluding hydrogens is 489 g/mol. The number of nitrogens with one attached hydrogen (secondary N) is 1. The number of anilines is 1. The molecule has 0 saturated carbocycles. The normalized spacial score (nSPS) is 12.5. The molecule has 0 aliphatic heterocycles. The average molecular weight is 511 g/mol. The Morgan fingerprint density at radius 3 is 2.38 bits per heavy atom. The molecule has 1 heterocycles. The second-order valence-electron chi connectivity index (χ2n) is 7.98. The highest BCUT2D eigenvalue weighted by molar-refractivity contribution is 7.05. The molecule has 2 aromatic carbocycles. The van der Waals surface area contributed by atoms with E-state index in [1.54, 1.807) is 39.8 Å². The molecule has 3 aromatic rings. The molecule has 34 heavy (non-hydrogen) atoms. The standard InChI is InChI=1S/C23H22ClF3N4O2S/c1-12(2)28-21(32)20(15-6-5-7-16(10-15)23(25,26)27)31(17-9-8-13(3)18(24)11-17)22(33)19-14(4)34-30-29-19/h5-12,20H,1-4H3,(H,28,32). The molecule has 0 aliphatic carbocycles. The molecular formula is C23H22ClF3N4O2S. The van der Waals surface area contributed by atoms with Crippen LogP contribution >= 0.6 is 23.1 Å². The van der Waals surface area contributed by atoms with Gasteiger partial charge in [0, 0.05) is 16.8 Å². The third-order valence-corrected chi connectivity index (χ3v) is 6.01. The van der Waals surface area contributed by atoms with E-state index < -0.39 is 29.6 Å². The number of hydrogen-bond acceptors (Lipinski definition) is 5. The number of amides is 2. The number of carbonyl (C=O) groups is 2. The van der Waals surface area contributed by atoms with Crippen LogP contribution in [0.25, 0.3) is 0 Å². The van der Waals surface area contributed by atoms with Crippen molar-refractivity contribution in [3.05, 3.63) is 74.7 Å². The minimum Gasteiger partial charge on any atom is -0.352 e. The molecule has 2 amide bonds. The van der Waals surface area contributed by atoms with Gasteiger partial charge in [0.15, 0.2) is 5.69 Å². The Morgan fingerprint density at radius 2 is 1.82 bits per heavy atom. The predicted molar refractivity (Wildman–Crippen MR) is 125 cm³/mol. The van der Waals surface area contributed by atoms with Gasteiger partial charge in [-0.3, -0.25) is 14.5 Å². The van der Waals surface area contributed by atoms with Gasteiger partial charge >= 0.3 is 6.18 Å². The first-order valence-electron chi connectivity index (χ1n) is 10.3. The van der Waals surface area contributed by atoms with Crippen LogP contribution in [0.1, 0.15) is 51.9 Å². The van der Waals surface area contributed by atoms with Gasteiger partial charge in [-0.1, -0.05) is 34.3 Å². The maximum absolute atomic E-state index is 13.7. The van der Waals surface area contributed by atoms with Gasteiger partial charge in [-0.15, -0.1) is 5.10 Å². The molecule has 11 heteroatoms. The van der Waals surface area contributed by atoms with Gasteiger partial charge < -0.3 is 5.32 Å². The number of rotatable bonds is 6. The third kappa shape index (κ3) is 5.56. The Balaban J connectivity index is 2.27. The van der Waals surface area contributed by atoms with E-state index in [0.29, 0.717) is 9.90 Å². The Kier molecular flexibility index (Phi) is 7.62. The SMILES string of the molecule is Cc1ccc(N(C(=O)c2nnsc2C)C(C(=O)NC(C)C)c2cccc(C(F)(F)F)c2)cc1Cl. The van der Waals surface area contributed by atoms with Crippen molar-refractivity contribution in [3.63, 3.8) is 0 Å². The lowest BCUT2D eigenvalue weighted by Crippen LogP contribution is -2.46. The Morgan fingerprint density at radius 1 is 1.12 bits per heavy atom. The smallest absolute Gasteiger partial charge is 0.352 e. The maximum Gasteiger partial charge on any atom is 0.416 e. The van der Waals surface area contributed by atoms with Gasteiger partial charge in [-0.2, -0.15) is 13.2 Å². The number of nitrogens with zero attached hydrogens (tertiary/aromatic N) is 3. The first-order valence-corrected chi connectivity index (χ1v) is 11.4. The van der Waals surface area contributed by atoms with Gasteiger partial charge in [0.05, 0.1) is 10.4 Å². The monoisotopic (exact) mass is 510 g/mol. The van der Waals surface area contributed by atoms with Crippen molar-refractivity contribution in [2.75, 3.05) is 4.90 Å². The largest absolute Gasteiger partial charge is 0.416 e. The highest BCUT2D eigenvalue weighted by atomic mass is 35.5. The first kappa shape index (κ1) is 25.6. The van der Waals surface area contributed by atoms with E-state index in [1.165, 1.54) is 18.2 Å². The summed E-state index contributed by atoms with van der Waals surface area (Å²) in [5.74, 6) is -1.34. The number of hydrogen-bond donors (Lipinski definition) is 1. The molecule has 3 rings (SSSR count). The van der Waals surface area contributed by atoms with Crippen LogP contribution in [0.15, 0.2) is 42.5 Å². The lowest BCUT2D eigenvalue weighted by Gasteiger charge is -2.32. The zero-order valence-electron chi connectivity index (χ0n) is 18.8.